The Hall–Kier alpha value is -2.23. The molecule has 122 valence electrons. The van der Waals surface area contributed by atoms with Crippen LogP contribution in [0.4, 0.5) is 0 Å². The van der Waals surface area contributed by atoms with Gasteiger partial charge in [-0.05, 0) is 24.0 Å². The van der Waals surface area contributed by atoms with Crippen LogP contribution < -0.4 is 5.11 Å². The first-order chi connectivity index (χ1) is 11.2. The van der Waals surface area contributed by atoms with E-state index in [2.05, 4.69) is 16.9 Å². The summed E-state index contributed by atoms with van der Waals surface area (Å²) in [6.07, 6.45) is 12.4. The second-order valence-electron chi connectivity index (χ2n) is 5.80. The molecule has 4 nitrogen and oxygen atoms in total. The maximum absolute atomic E-state index is 10.7. The van der Waals surface area contributed by atoms with E-state index in [0.29, 0.717) is 5.82 Å². The minimum atomic E-state index is -1.17. The van der Waals surface area contributed by atoms with E-state index < -0.39 is 5.97 Å². The Morgan fingerprint density at radius 2 is 1.57 bits per heavy atom. The zero-order chi connectivity index (χ0) is 16.5. The number of carbonyl (C=O) groups is 1. The third kappa shape index (κ3) is 5.47. The number of aromatic nitrogens is 2. The van der Waals surface area contributed by atoms with E-state index in [4.69, 9.17) is 0 Å². The number of hydrogen-bond donors (Lipinski definition) is 0. The average Bonchev–Trinajstić information content (AvgIpc) is 2.58. The van der Waals surface area contributed by atoms with Crippen LogP contribution in [-0.2, 0) is 6.42 Å². The molecule has 0 bridgehead atoms. The van der Waals surface area contributed by atoms with Gasteiger partial charge in [0.2, 0.25) is 0 Å². The van der Waals surface area contributed by atoms with Crippen molar-refractivity contribution in [1.82, 2.24) is 9.97 Å². The first-order valence-corrected chi connectivity index (χ1v) is 8.33. The molecule has 0 aliphatic rings. The van der Waals surface area contributed by atoms with E-state index in [1.165, 1.54) is 50.7 Å². The third-order valence-electron chi connectivity index (χ3n) is 3.90. The fourth-order valence-electron chi connectivity index (χ4n) is 2.50. The van der Waals surface area contributed by atoms with Crippen molar-refractivity contribution in [2.75, 3.05) is 0 Å². The van der Waals surface area contributed by atoms with Gasteiger partial charge in [0.05, 0.1) is 5.97 Å². The van der Waals surface area contributed by atoms with Gasteiger partial charge in [-0.1, -0.05) is 63.3 Å². The second-order valence-corrected chi connectivity index (χ2v) is 5.80. The summed E-state index contributed by atoms with van der Waals surface area (Å²) in [7, 11) is 0. The number of carboxylic acids is 1. The molecule has 0 aliphatic carbocycles. The van der Waals surface area contributed by atoms with Gasteiger partial charge >= 0.3 is 0 Å². The summed E-state index contributed by atoms with van der Waals surface area (Å²) in [5.74, 6) is -0.562. The average molecular weight is 311 g/mol. The van der Waals surface area contributed by atoms with E-state index >= 15 is 0 Å². The van der Waals surface area contributed by atoms with Crippen molar-refractivity contribution >= 4 is 5.97 Å². The third-order valence-corrected chi connectivity index (χ3v) is 3.90. The molecule has 0 aliphatic heterocycles. The summed E-state index contributed by atoms with van der Waals surface area (Å²) < 4.78 is 0. The normalized spacial score (nSPS) is 10.7. The minimum Gasteiger partial charge on any atom is -0.545 e. The number of hydrogen-bond acceptors (Lipinski definition) is 4. The van der Waals surface area contributed by atoms with E-state index in [-0.39, 0.29) is 5.56 Å². The molecule has 1 heterocycles. The van der Waals surface area contributed by atoms with Crippen LogP contribution in [0.1, 0.15) is 61.4 Å². The van der Waals surface area contributed by atoms with Gasteiger partial charge in [0.1, 0.15) is 0 Å². The number of rotatable bonds is 9. The predicted molar refractivity (Wildman–Crippen MR) is 88.9 cm³/mol. The van der Waals surface area contributed by atoms with E-state index in [1.807, 2.05) is 12.4 Å². The van der Waals surface area contributed by atoms with Crippen LogP contribution in [0.5, 0.6) is 0 Å². The van der Waals surface area contributed by atoms with E-state index in [9.17, 15) is 9.90 Å². The summed E-state index contributed by atoms with van der Waals surface area (Å²) in [4.78, 5) is 19.5. The number of unbranched alkanes of at least 4 members (excludes halogenated alkanes) is 5. The lowest BCUT2D eigenvalue weighted by Gasteiger charge is -2.05. The second kappa shape index (κ2) is 9.03. The Kier molecular flexibility index (Phi) is 6.73. The molecule has 0 saturated carbocycles. The molecule has 0 radical (unpaired) electrons. The van der Waals surface area contributed by atoms with Crippen molar-refractivity contribution in [1.29, 1.82) is 0 Å². The number of nitrogens with zero attached hydrogens (tertiary/aromatic N) is 2. The quantitative estimate of drug-likeness (QED) is 0.666. The molecule has 0 saturated heterocycles. The van der Waals surface area contributed by atoms with Gasteiger partial charge in [0.25, 0.3) is 0 Å². The highest BCUT2D eigenvalue weighted by Crippen LogP contribution is 2.16. The van der Waals surface area contributed by atoms with Crippen molar-refractivity contribution in [2.24, 2.45) is 0 Å². The number of aryl methyl sites for hydroxylation is 1. The molecule has 0 atom stereocenters. The molecular formula is C19H23N2O2-. The molecule has 2 aromatic rings. The molecule has 1 aromatic carbocycles. The molecule has 0 fully saturated rings. The summed E-state index contributed by atoms with van der Waals surface area (Å²) in [5, 5.41) is 10.7. The molecule has 0 N–H and O–H groups in total. The lowest BCUT2D eigenvalue weighted by atomic mass is 10.1. The van der Waals surface area contributed by atoms with Crippen molar-refractivity contribution in [3.05, 3.63) is 47.8 Å². The van der Waals surface area contributed by atoms with Crippen molar-refractivity contribution < 1.29 is 9.90 Å². The van der Waals surface area contributed by atoms with Crippen LogP contribution in [0.3, 0.4) is 0 Å². The molecule has 0 amide bonds. The topological polar surface area (TPSA) is 65.9 Å². The maximum atomic E-state index is 10.7. The van der Waals surface area contributed by atoms with Gasteiger partial charge in [0.15, 0.2) is 5.82 Å². The first kappa shape index (κ1) is 17.1. The summed E-state index contributed by atoms with van der Waals surface area (Å²) in [6, 6.07) is 6.43. The fraction of sp³-hybridized carbons (Fsp3) is 0.421. The van der Waals surface area contributed by atoms with E-state index in [1.54, 1.807) is 12.1 Å². The lowest BCUT2D eigenvalue weighted by Crippen LogP contribution is -2.21. The van der Waals surface area contributed by atoms with Crippen molar-refractivity contribution in [3.8, 4) is 11.4 Å². The Morgan fingerprint density at radius 1 is 0.957 bits per heavy atom. The van der Waals surface area contributed by atoms with Crippen LogP contribution in [-0.4, -0.2) is 15.9 Å². The van der Waals surface area contributed by atoms with Crippen LogP contribution in [0.2, 0.25) is 0 Å². The van der Waals surface area contributed by atoms with Crippen LogP contribution in [0.15, 0.2) is 36.7 Å². The summed E-state index contributed by atoms with van der Waals surface area (Å²) >= 11 is 0. The summed E-state index contributed by atoms with van der Waals surface area (Å²) in [5.41, 5.74) is 2.12. The van der Waals surface area contributed by atoms with Gasteiger partial charge in [-0.3, -0.25) is 0 Å². The van der Waals surface area contributed by atoms with Gasteiger partial charge in [-0.25, -0.2) is 9.97 Å². The molecule has 1 aromatic heterocycles. The highest BCUT2D eigenvalue weighted by Gasteiger charge is 2.02. The highest BCUT2D eigenvalue weighted by molar-refractivity contribution is 5.86. The smallest absolute Gasteiger partial charge is 0.159 e. The van der Waals surface area contributed by atoms with Gasteiger partial charge in [0, 0.05) is 18.0 Å². The molecule has 23 heavy (non-hydrogen) atoms. The Bertz CT molecular complexity index is 606. The van der Waals surface area contributed by atoms with Crippen LogP contribution in [0, 0.1) is 0 Å². The molecule has 0 spiro atoms. The van der Waals surface area contributed by atoms with E-state index in [0.717, 1.165) is 17.5 Å². The fourth-order valence-corrected chi connectivity index (χ4v) is 2.50. The number of benzene rings is 1. The summed E-state index contributed by atoms with van der Waals surface area (Å²) in [6.45, 7) is 2.23. The number of aromatic carboxylic acids is 1. The Balaban J connectivity index is 1.85. The van der Waals surface area contributed by atoms with Gasteiger partial charge in [-0.2, -0.15) is 0 Å². The zero-order valence-corrected chi connectivity index (χ0v) is 13.6. The van der Waals surface area contributed by atoms with Gasteiger partial charge in [-0.15, -0.1) is 0 Å². The molecule has 2 rings (SSSR count). The van der Waals surface area contributed by atoms with Gasteiger partial charge < -0.3 is 9.90 Å². The van der Waals surface area contributed by atoms with Crippen molar-refractivity contribution in [3.63, 3.8) is 0 Å². The number of carboxylic acid groups (broad SMARTS) is 1. The first-order valence-electron chi connectivity index (χ1n) is 8.33. The molecule has 4 heteroatoms. The molecule has 0 unspecified atom stereocenters. The van der Waals surface area contributed by atoms with Crippen LogP contribution >= 0.6 is 0 Å². The molecular weight excluding hydrogens is 288 g/mol. The lowest BCUT2D eigenvalue weighted by molar-refractivity contribution is -0.255. The Labute approximate surface area is 137 Å². The largest absolute Gasteiger partial charge is 0.545 e. The maximum Gasteiger partial charge on any atom is 0.159 e. The highest BCUT2D eigenvalue weighted by atomic mass is 16.4. The SMILES string of the molecule is CCCCCCCCc1cnc(-c2ccc(C(=O)[O-])cc2)nc1. The Morgan fingerprint density at radius 3 is 2.17 bits per heavy atom. The standard InChI is InChI=1S/C19H24N2O2/c1-2-3-4-5-6-7-8-15-13-20-18(21-14-15)16-9-11-17(12-10-16)19(22)23/h9-14H,2-8H2,1H3,(H,22,23)/p-1. The zero-order valence-electron chi connectivity index (χ0n) is 13.6. The minimum absolute atomic E-state index is 0.161. The predicted octanol–water partition coefficient (Wildman–Crippen LogP) is 3.41. The number of carbonyl (C=O) groups excluding carboxylic acids is 1. The van der Waals surface area contributed by atoms with Crippen molar-refractivity contribution in [2.45, 2.75) is 51.9 Å². The monoisotopic (exact) mass is 311 g/mol. The van der Waals surface area contributed by atoms with Crippen LogP contribution in [0.25, 0.3) is 11.4 Å².